The van der Waals surface area contributed by atoms with E-state index in [0.29, 0.717) is 13.2 Å². The SMILES string of the molecule is CCN(Cc1ncnn1CC)C1COCC1C(=O)O. The molecule has 2 heterocycles. The molecule has 1 N–H and O–H groups in total. The molecule has 0 aliphatic carbocycles. The van der Waals surface area contributed by atoms with Crippen molar-refractivity contribution in [2.75, 3.05) is 19.8 Å². The van der Waals surface area contributed by atoms with Gasteiger partial charge in [-0.05, 0) is 13.5 Å². The summed E-state index contributed by atoms with van der Waals surface area (Å²) >= 11 is 0. The van der Waals surface area contributed by atoms with Gasteiger partial charge in [0.05, 0.1) is 25.7 Å². The molecule has 19 heavy (non-hydrogen) atoms. The minimum Gasteiger partial charge on any atom is -0.481 e. The van der Waals surface area contributed by atoms with Crippen molar-refractivity contribution >= 4 is 5.97 Å². The second-order valence-electron chi connectivity index (χ2n) is 4.60. The summed E-state index contributed by atoms with van der Waals surface area (Å²) in [4.78, 5) is 17.6. The van der Waals surface area contributed by atoms with Gasteiger partial charge in [0.15, 0.2) is 0 Å². The van der Waals surface area contributed by atoms with Gasteiger partial charge in [0, 0.05) is 12.6 Å². The molecule has 2 atom stereocenters. The quantitative estimate of drug-likeness (QED) is 0.795. The number of carboxylic acid groups (broad SMARTS) is 1. The number of ether oxygens (including phenoxy) is 1. The monoisotopic (exact) mass is 268 g/mol. The molecule has 0 bridgehead atoms. The smallest absolute Gasteiger partial charge is 0.310 e. The van der Waals surface area contributed by atoms with Crippen molar-refractivity contribution in [3.8, 4) is 0 Å². The number of nitrogens with zero attached hydrogens (tertiary/aromatic N) is 4. The van der Waals surface area contributed by atoms with Crippen LogP contribution in [0, 0.1) is 5.92 Å². The summed E-state index contributed by atoms with van der Waals surface area (Å²) in [7, 11) is 0. The number of rotatable bonds is 6. The first-order chi connectivity index (χ1) is 9.17. The second kappa shape index (κ2) is 6.12. The van der Waals surface area contributed by atoms with Crippen LogP contribution in [0.5, 0.6) is 0 Å². The van der Waals surface area contributed by atoms with Crippen LogP contribution in [0.1, 0.15) is 19.7 Å². The Morgan fingerprint density at radius 1 is 1.58 bits per heavy atom. The van der Waals surface area contributed by atoms with Gasteiger partial charge in [-0.2, -0.15) is 5.10 Å². The van der Waals surface area contributed by atoms with Crippen molar-refractivity contribution in [3.63, 3.8) is 0 Å². The van der Waals surface area contributed by atoms with Gasteiger partial charge in [0.2, 0.25) is 0 Å². The lowest BCUT2D eigenvalue weighted by atomic mass is 10.0. The van der Waals surface area contributed by atoms with E-state index in [-0.39, 0.29) is 12.6 Å². The molecule has 0 spiro atoms. The van der Waals surface area contributed by atoms with Crippen LogP contribution < -0.4 is 0 Å². The van der Waals surface area contributed by atoms with E-state index in [4.69, 9.17) is 4.74 Å². The van der Waals surface area contributed by atoms with Crippen molar-refractivity contribution in [2.24, 2.45) is 5.92 Å². The van der Waals surface area contributed by atoms with Crippen LogP contribution in [0.15, 0.2) is 6.33 Å². The highest BCUT2D eigenvalue weighted by atomic mass is 16.5. The van der Waals surface area contributed by atoms with Crippen LogP contribution in [-0.2, 0) is 22.6 Å². The molecule has 0 aromatic carbocycles. The van der Waals surface area contributed by atoms with Crippen molar-refractivity contribution in [3.05, 3.63) is 12.2 Å². The predicted octanol–water partition coefficient (Wildman–Crippen LogP) is 0.219. The fraction of sp³-hybridized carbons (Fsp3) is 0.750. The first kappa shape index (κ1) is 14.0. The molecular formula is C12H20N4O3. The van der Waals surface area contributed by atoms with E-state index in [1.54, 1.807) is 0 Å². The van der Waals surface area contributed by atoms with Crippen LogP contribution >= 0.6 is 0 Å². The fourth-order valence-corrected chi connectivity index (χ4v) is 2.46. The summed E-state index contributed by atoms with van der Waals surface area (Å²) in [6.45, 7) is 6.89. The average molecular weight is 268 g/mol. The molecule has 7 nitrogen and oxygen atoms in total. The zero-order valence-electron chi connectivity index (χ0n) is 11.3. The molecule has 0 saturated carbocycles. The molecule has 1 aromatic heterocycles. The number of carbonyl (C=O) groups is 1. The number of aryl methyl sites for hydroxylation is 1. The Morgan fingerprint density at radius 2 is 2.37 bits per heavy atom. The molecule has 1 aliphatic heterocycles. The van der Waals surface area contributed by atoms with Gasteiger partial charge in [-0.1, -0.05) is 6.92 Å². The van der Waals surface area contributed by atoms with Crippen LogP contribution in [0.4, 0.5) is 0 Å². The third-order valence-electron chi connectivity index (χ3n) is 3.58. The van der Waals surface area contributed by atoms with E-state index in [1.165, 1.54) is 6.33 Å². The number of hydrogen-bond acceptors (Lipinski definition) is 5. The topological polar surface area (TPSA) is 80.5 Å². The number of likely N-dealkylation sites (N-methyl/N-ethyl adjacent to an activating group) is 1. The fourth-order valence-electron chi connectivity index (χ4n) is 2.46. The van der Waals surface area contributed by atoms with Gasteiger partial charge in [-0.25, -0.2) is 9.67 Å². The van der Waals surface area contributed by atoms with Gasteiger partial charge in [-0.3, -0.25) is 9.69 Å². The van der Waals surface area contributed by atoms with Crippen LogP contribution in [0.2, 0.25) is 0 Å². The highest BCUT2D eigenvalue weighted by Crippen LogP contribution is 2.21. The first-order valence-electron chi connectivity index (χ1n) is 6.58. The van der Waals surface area contributed by atoms with Gasteiger partial charge >= 0.3 is 5.97 Å². The maximum Gasteiger partial charge on any atom is 0.310 e. The molecule has 0 radical (unpaired) electrons. The Morgan fingerprint density at radius 3 is 3.00 bits per heavy atom. The summed E-state index contributed by atoms with van der Waals surface area (Å²) in [5.41, 5.74) is 0. The highest BCUT2D eigenvalue weighted by molar-refractivity contribution is 5.71. The Balaban J connectivity index is 2.09. The summed E-state index contributed by atoms with van der Waals surface area (Å²) in [6.07, 6.45) is 1.53. The summed E-state index contributed by atoms with van der Waals surface area (Å²) in [5.74, 6) is -0.392. The van der Waals surface area contributed by atoms with E-state index in [0.717, 1.165) is 18.9 Å². The first-order valence-corrected chi connectivity index (χ1v) is 6.58. The minimum atomic E-state index is -0.794. The standard InChI is InChI=1S/C12H20N4O3/c1-3-15(5-11-13-8-14-16(11)4-2)10-7-19-6-9(10)12(17)18/h8-10H,3-7H2,1-2H3,(H,17,18). The average Bonchev–Trinajstić information content (AvgIpc) is 3.04. The molecule has 7 heteroatoms. The second-order valence-corrected chi connectivity index (χ2v) is 4.60. The molecular weight excluding hydrogens is 248 g/mol. The van der Waals surface area contributed by atoms with Crippen LogP contribution in [0.25, 0.3) is 0 Å². The van der Waals surface area contributed by atoms with Crippen LogP contribution in [-0.4, -0.2) is 56.5 Å². The minimum absolute atomic E-state index is 0.0930. The Kier molecular flexibility index (Phi) is 4.49. The van der Waals surface area contributed by atoms with Crippen molar-refractivity contribution in [1.82, 2.24) is 19.7 Å². The molecule has 1 aromatic rings. The van der Waals surface area contributed by atoms with E-state index < -0.39 is 11.9 Å². The lowest BCUT2D eigenvalue weighted by Gasteiger charge is -2.28. The summed E-state index contributed by atoms with van der Waals surface area (Å²) in [6, 6.07) is -0.0930. The Bertz CT molecular complexity index is 434. The number of hydrogen-bond donors (Lipinski definition) is 1. The number of aromatic nitrogens is 3. The van der Waals surface area contributed by atoms with E-state index >= 15 is 0 Å². The molecule has 1 saturated heterocycles. The normalized spacial score (nSPS) is 23.1. The van der Waals surface area contributed by atoms with E-state index in [9.17, 15) is 9.90 Å². The lowest BCUT2D eigenvalue weighted by Crippen LogP contribution is -2.43. The molecule has 2 unspecified atom stereocenters. The van der Waals surface area contributed by atoms with E-state index in [1.807, 2.05) is 18.5 Å². The molecule has 0 amide bonds. The zero-order chi connectivity index (χ0) is 13.8. The van der Waals surface area contributed by atoms with Crippen molar-refractivity contribution in [1.29, 1.82) is 0 Å². The van der Waals surface area contributed by atoms with Gasteiger partial charge in [-0.15, -0.1) is 0 Å². The third kappa shape index (κ3) is 2.93. The molecule has 106 valence electrons. The third-order valence-corrected chi connectivity index (χ3v) is 3.58. The summed E-state index contributed by atoms with van der Waals surface area (Å²) in [5, 5.41) is 13.3. The largest absolute Gasteiger partial charge is 0.481 e. The molecule has 1 fully saturated rings. The van der Waals surface area contributed by atoms with Gasteiger partial charge in [0.25, 0.3) is 0 Å². The number of aliphatic carboxylic acids is 1. The van der Waals surface area contributed by atoms with Crippen molar-refractivity contribution < 1.29 is 14.6 Å². The van der Waals surface area contributed by atoms with E-state index in [2.05, 4.69) is 15.0 Å². The molecule has 1 aliphatic rings. The maximum absolute atomic E-state index is 11.2. The summed E-state index contributed by atoms with van der Waals surface area (Å²) < 4.78 is 7.15. The Labute approximate surface area is 112 Å². The Hall–Kier alpha value is -1.47. The lowest BCUT2D eigenvalue weighted by molar-refractivity contribution is -0.143. The predicted molar refractivity (Wildman–Crippen MR) is 67.5 cm³/mol. The van der Waals surface area contributed by atoms with Crippen LogP contribution in [0.3, 0.4) is 0 Å². The maximum atomic E-state index is 11.2. The van der Waals surface area contributed by atoms with Crippen molar-refractivity contribution in [2.45, 2.75) is 33.0 Å². The van der Waals surface area contributed by atoms with Gasteiger partial charge in [0.1, 0.15) is 12.2 Å². The zero-order valence-corrected chi connectivity index (χ0v) is 11.3. The number of carboxylic acids is 1. The highest BCUT2D eigenvalue weighted by Gasteiger charge is 2.37. The van der Waals surface area contributed by atoms with Gasteiger partial charge < -0.3 is 9.84 Å². The molecule has 2 rings (SSSR count).